The average molecular weight is 224 g/mol. The minimum absolute atomic E-state index is 0.0758. The molecule has 0 saturated carbocycles. The Morgan fingerprint density at radius 2 is 2.31 bits per heavy atom. The van der Waals surface area contributed by atoms with E-state index >= 15 is 0 Å². The fourth-order valence-corrected chi connectivity index (χ4v) is 1.35. The van der Waals surface area contributed by atoms with E-state index in [1.165, 1.54) is 6.07 Å². The largest absolute Gasteiger partial charge is 0.384 e. The third-order valence-electron chi connectivity index (χ3n) is 2.45. The number of nitrogens with one attached hydrogen (secondary N) is 1. The molecule has 3 N–H and O–H groups in total. The Bertz CT molecular complexity index is 405. The maximum atomic E-state index is 13.5. The first-order valence-corrected chi connectivity index (χ1v) is 4.99. The lowest BCUT2D eigenvalue weighted by Gasteiger charge is -2.26. The third-order valence-corrected chi connectivity index (χ3v) is 2.45. The minimum atomic E-state index is -0.395. The number of hydrogen-bond donors (Lipinski definition) is 2. The van der Waals surface area contributed by atoms with Crippen molar-refractivity contribution in [1.82, 2.24) is 0 Å². The third kappa shape index (κ3) is 2.37. The van der Waals surface area contributed by atoms with Crippen molar-refractivity contribution in [3.8, 4) is 0 Å². The van der Waals surface area contributed by atoms with Crippen LogP contribution in [0.25, 0.3) is 0 Å². The van der Waals surface area contributed by atoms with Crippen molar-refractivity contribution in [3.63, 3.8) is 0 Å². The number of halogens is 1. The van der Waals surface area contributed by atoms with Crippen molar-refractivity contribution in [1.29, 1.82) is 5.41 Å². The van der Waals surface area contributed by atoms with Gasteiger partial charge in [-0.3, -0.25) is 5.41 Å². The first kappa shape index (κ1) is 11.0. The van der Waals surface area contributed by atoms with Crippen LogP contribution in [0.15, 0.2) is 18.2 Å². The summed E-state index contributed by atoms with van der Waals surface area (Å²) in [6.07, 6.45) is 0.0758. The molecule has 86 valence electrons. The first-order valence-electron chi connectivity index (χ1n) is 4.99. The van der Waals surface area contributed by atoms with Gasteiger partial charge in [0.15, 0.2) is 0 Å². The zero-order valence-electron chi connectivity index (χ0n) is 8.70. The smallest absolute Gasteiger partial charge is 0.129 e. The predicted octanol–water partition coefficient (Wildman–Crippen LogP) is 1.03. The monoisotopic (exact) mass is 224 g/mol. The average Bonchev–Trinajstić information content (AvgIpc) is 2.17. The van der Waals surface area contributed by atoms with Gasteiger partial charge in [-0.05, 0) is 6.07 Å². The lowest BCUT2D eigenvalue weighted by Crippen LogP contribution is -2.35. The Morgan fingerprint density at radius 1 is 1.56 bits per heavy atom. The zero-order valence-corrected chi connectivity index (χ0v) is 8.70. The van der Waals surface area contributed by atoms with Crippen molar-refractivity contribution in [2.24, 2.45) is 5.73 Å². The van der Waals surface area contributed by atoms with Gasteiger partial charge in [-0.15, -0.1) is 0 Å². The van der Waals surface area contributed by atoms with Crippen molar-refractivity contribution in [3.05, 3.63) is 35.1 Å². The Hall–Kier alpha value is -1.46. The van der Waals surface area contributed by atoms with Crippen LogP contribution in [0.3, 0.4) is 0 Å². The molecule has 0 bridgehead atoms. The van der Waals surface area contributed by atoms with Gasteiger partial charge < -0.3 is 15.2 Å². The normalized spacial score (nSPS) is 15.8. The second kappa shape index (κ2) is 4.59. The number of ether oxygens (including phenoxy) is 2. The van der Waals surface area contributed by atoms with Crippen molar-refractivity contribution >= 4 is 5.84 Å². The van der Waals surface area contributed by atoms with Gasteiger partial charge in [-0.25, -0.2) is 4.39 Å². The molecule has 0 aliphatic carbocycles. The summed E-state index contributed by atoms with van der Waals surface area (Å²) in [6.45, 7) is 1.37. The fraction of sp³-hybridized carbons (Fsp3) is 0.364. The summed E-state index contributed by atoms with van der Waals surface area (Å²) in [4.78, 5) is 0. The second-order valence-corrected chi connectivity index (χ2v) is 3.69. The van der Waals surface area contributed by atoms with E-state index in [-0.39, 0.29) is 18.5 Å². The number of amidine groups is 1. The van der Waals surface area contributed by atoms with Gasteiger partial charge in [0.2, 0.25) is 0 Å². The summed E-state index contributed by atoms with van der Waals surface area (Å²) >= 11 is 0. The first-order chi connectivity index (χ1) is 7.66. The van der Waals surface area contributed by atoms with Crippen LogP contribution in [-0.2, 0) is 16.1 Å². The van der Waals surface area contributed by atoms with Crippen LogP contribution in [-0.4, -0.2) is 25.2 Å². The van der Waals surface area contributed by atoms with E-state index in [0.29, 0.717) is 24.3 Å². The fourth-order valence-electron chi connectivity index (χ4n) is 1.35. The highest BCUT2D eigenvalue weighted by molar-refractivity contribution is 5.94. The lowest BCUT2D eigenvalue weighted by atomic mass is 10.1. The highest BCUT2D eigenvalue weighted by Crippen LogP contribution is 2.14. The van der Waals surface area contributed by atoms with Gasteiger partial charge in [0.1, 0.15) is 17.8 Å². The number of rotatable bonds is 4. The Kier molecular flexibility index (Phi) is 3.17. The molecule has 1 heterocycles. The molecule has 1 saturated heterocycles. The quantitative estimate of drug-likeness (QED) is 0.592. The Labute approximate surface area is 92.7 Å². The van der Waals surface area contributed by atoms with E-state index in [9.17, 15) is 4.39 Å². The van der Waals surface area contributed by atoms with Gasteiger partial charge in [0.05, 0.1) is 19.8 Å². The van der Waals surface area contributed by atoms with Crippen molar-refractivity contribution in [2.75, 3.05) is 13.2 Å². The topological polar surface area (TPSA) is 68.3 Å². The molecular formula is C11H13FN2O2. The molecule has 0 atom stereocenters. The molecule has 0 aromatic heterocycles. The molecule has 1 aliphatic rings. The minimum Gasteiger partial charge on any atom is -0.384 e. The van der Waals surface area contributed by atoms with Crippen LogP contribution >= 0.6 is 0 Å². The second-order valence-electron chi connectivity index (χ2n) is 3.69. The van der Waals surface area contributed by atoms with E-state index < -0.39 is 5.82 Å². The highest BCUT2D eigenvalue weighted by atomic mass is 19.1. The van der Waals surface area contributed by atoms with Crippen LogP contribution in [0.4, 0.5) is 4.39 Å². The van der Waals surface area contributed by atoms with Crippen LogP contribution in [0.5, 0.6) is 0 Å². The van der Waals surface area contributed by atoms with E-state index in [4.69, 9.17) is 20.6 Å². The van der Waals surface area contributed by atoms with Crippen LogP contribution < -0.4 is 5.73 Å². The van der Waals surface area contributed by atoms with Gasteiger partial charge >= 0.3 is 0 Å². The Morgan fingerprint density at radius 3 is 2.81 bits per heavy atom. The molecule has 1 aliphatic heterocycles. The van der Waals surface area contributed by atoms with Crippen molar-refractivity contribution in [2.45, 2.75) is 12.7 Å². The van der Waals surface area contributed by atoms with Crippen LogP contribution in [0.2, 0.25) is 0 Å². The Balaban J connectivity index is 2.00. The van der Waals surface area contributed by atoms with E-state index in [1.807, 2.05) is 0 Å². The summed E-state index contributed by atoms with van der Waals surface area (Å²) in [5.74, 6) is -0.535. The van der Waals surface area contributed by atoms with Gasteiger partial charge in [0.25, 0.3) is 0 Å². The number of benzene rings is 1. The standard InChI is InChI=1S/C11H13FN2O2/c12-10-3-7(11(13)14)1-2-8(10)4-16-9-5-15-6-9/h1-3,9H,4-6H2,(H3,13,14). The van der Waals surface area contributed by atoms with Crippen LogP contribution in [0, 0.1) is 11.2 Å². The summed E-state index contributed by atoms with van der Waals surface area (Å²) in [7, 11) is 0. The molecule has 2 rings (SSSR count). The number of hydrogen-bond acceptors (Lipinski definition) is 3. The summed E-state index contributed by atoms with van der Waals surface area (Å²) in [5.41, 5.74) is 6.11. The van der Waals surface area contributed by atoms with E-state index in [0.717, 1.165) is 0 Å². The molecule has 16 heavy (non-hydrogen) atoms. The summed E-state index contributed by atoms with van der Waals surface area (Å²) < 4.78 is 23.9. The molecule has 5 heteroatoms. The molecule has 1 aromatic rings. The van der Waals surface area contributed by atoms with E-state index in [2.05, 4.69) is 0 Å². The van der Waals surface area contributed by atoms with Gasteiger partial charge in [0, 0.05) is 11.1 Å². The molecule has 0 spiro atoms. The lowest BCUT2D eigenvalue weighted by molar-refractivity contribution is -0.135. The molecule has 1 fully saturated rings. The SMILES string of the molecule is N=C(N)c1ccc(COC2COC2)c(F)c1. The zero-order chi connectivity index (χ0) is 11.5. The maximum Gasteiger partial charge on any atom is 0.129 e. The van der Waals surface area contributed by atoms with Crippen molar-refractivity contribution < 1.29 is 13.9 Å². The van der Waals surface area contributed by atoms with Crippen LogP contribution in [0.1, 0.15) is 11.1 Å². The summed E-state index contributed by atoms with van der Waals surface area (Å²) in [5, 5.41) is 7.17. The molecule has 1 aromatic carbocycles. The van der Waals surface area contributed by atoms with Gasteiger partial charge in [-0.2, -0.15) is 0 Å². The number of nitrogens with two attached hydrogens (primary N) is 1. The molecule has 0 radical (unpaired) electrons. The maximum absolute atomic E-state index is 13.5. The molecule has 4 nitrogen and oxygen atoms in total. The van der Waals surface area contributed by atoms with Gasteiger partial charge in [-0.1, -0.05) is 12.1 Å². The van der Waals surface area contributed by atoms with E-state index in [1.54, 1.807) is 12.1 Å². The predicted molar refractivity (Wildman–Crippen MR) is 56.8 cm³/mol. The molecule has 0 unspecified atom stereocenters. The summed E-state index contributed by atoms with van der Waals surface area (Å²) in [6, 6.07) is 4.45. The molecular weight excluding hydrogens is 211 g/mol. The molecule has 0 amide bonds. The number of nitrogen functional groups attached to an aromatic ring is 1. The highest BCUT2D eigenvalue weighted by Gasteiger charge is 2.19.